The first-order valence-electron chi connectivity index (χ1n) is 10.9. The van der Waals surface area contributed by atoms with Gasteiger partial charge in [0.15, 0.2) is 5.82 Å². The fourth-order valence-electron chi connectivity index (χ4n) is 3.72. The number of carbonyl (C=O) groups excluding carboxylic acids is 1. The van der Waals surface area contributed by atoms with Gasteiger partial charge in [0.2, 0.25) is 0 Å². The second-order valence-electron chi connectivity index (χ2n) is 7.56. The Labute approximate surface area is 200 Å². The molecule has 1 aliphatic heterocycles. The summed E-state index contributed by atoms with van der Waals surface area (Å²) in [5.74, 6) is 1.11. The smallest absolute Gasteiger partial charge is 0.316 e. The summed E-state index contributed by atoms with van der Waals surface area (Å²) in [5, 5.41) is 5.59. The number of nitrogens with zero attached hydrogens (tertiary/aromatic N) is 6. The first kappa shape index (κ1) is 22.1. The van der Waals surface area contributed by atoms with Crippen molar-refractivity contribution in [1.29, 1.82) is 0 Å². The Morgan fingerprint density at radius 3 is 2.82 bits per heavy atom. The number of ether oxygens (including phenoxy) is 2. The molecule has 4 aromatic rings. The molecule has 0 aromatic carbocycles. The lowest BCUT2D eigenvalue weighted by Gasteiger charge is -2.28. The van der Waals surface area contributed by atoms with Crippen molar-refractivity contribution in [2.45, 2.75) is 6.42 Å². The summed E-state index contributed by atoms with van der Waals surface area (Å²) in [6.07, 6.45) is 3.92. The van der Waals surface area contributed by atoms with Crippen molar-refractivity contribution >= 4 is 33.3 Å². The molecule has 1 fully saturated rings. The average molecular weight is 478 g/mol. The highest BCUT2D eigenvalue weighted by atomic mass is 32.1. The molecule has 0 unspecified atom stereocenters. The van der Waals surface area contributed by atoms with Gasteiger partial charge in [-0.05, 0) is 18.2 Å². The average Bonchev–Trinajstić information content (AvgIpc) is 3.33. The van der Waals surface area contributed by atoms with Crippen LogP contribution >= 0.6 is 11.3 Å². The van der Waals surface area contributed by atoms with Crippen molar-refractivity contribution in [3.8, 4) is 17.5 Å². The van der Waals surface area contributed by atoms with Crippen molar-refractivity contribution < 1.29 is 14.3 Å². The molecule has 0 atom stereocenters. The Hall–Kier alpha value is -3.70. The van der Waals surface area contributed by atoms with Gasteiger partial charge in [-0.25, -0.2) is 19.9 Å². The van der Waals surface area contributed by atoms with E-state index in [9.17, 15) is 4.79 Å². The van der Waals surface area contributed by atoms with Gasteiger partial charge in [0.05, 0.1) is 31.3 Å². The van der Waals surface area contributed by atoms with Crippen LogP contribution in [0.25, 0.3) is 21.7 Å². The third-order valence-electron chi connectivity index (χ3n) is 5.40. The maximum absolute atomic E-state index is 13.2. The predicted octanol–water partition coefficient (Wildman–Crippen LogP) is 2.36. The topological polar surface area (TPSA) is 115 Å². The lowest BCUT2D eigenvalue weighted by Crippen LogP contribution is -2.37. The van der Waals surface area contributed by atoms with Crippen LogP contribution in [0.4, 0.5) is 5.82 Å². The van der Waals surface area contributed by atoms with E-state index >= 15 is 0 Å². The molecule has 1 aliphatic rings. The number of carbonyl (C=O) groups is 1. The van der Waals surface area contributed by atoms with Gasteiger partial charge in [0.25, 0.3) is 5.91 Å². The van der Waals surface area contributed by atoms with Crippen LogP contribution in [0.1, 0.15) is 16.1 Å². The number of morpholine rings is 1. The Morgan fingerprint density at radius 1 is 1.15 bits per heavy atom. The molecule has 34 heavy (non-hydrogen) atoms. The normalized spacial score (nSPS) is 13.7. The highest BCUT2D eigenvalue weighted by Crippen LogP contribution is 2.34. The Bertz CT molecular complexity index is 1290. The molecule has 4 aromatic heterocycles. The second kappa shape index (κ2) is 10.1. The number of thiophene rings is 1. The minimum Gasteiger partial charge on any atom is -0.467 e. The van der Waals surface area contributed by atoms with Crippen LogP contribution in [0.5, 0.6) is 6.01 Å². The number of anilines is 1. The molecule has 0 radical (unpaired) electrons. The molecule has 1 saturated heterocycles. The number of nitrogens with one attached hydrogen (secondary N) is 1. The van der Waals surface area contributed by atoms with Crippen LogP contribution in [-0.2, 0) is 11.2 Å². The van der Waals surface area contributed by atoms with Crippen molar-refractivity contribution in [3.05, 3.63) is 53.3 Å². The number of hydrogen-bond acceptors (Lipinski definition) is 10. The Balaban J connectivity index is 1.43. The minimum absolute atomic E-state index is 0.170. The number of rotatable bonds is 7. The minimum atomic E-state index is -0.170. The Morgan fingerprint density at radius 2 is 2.03 bits per heavy atom. The molecular formula is C23H23N7O3S. The molecular weight excluding hydrogens is 454 g/mol. The second-order valence-corrected chi connectivity index (χ2v) is 8.41. The van der Waals surface area contributed by atoms with Crippen molar-refractivity contribution in [2.24, 2.45) is 0 Å². The molecule has 0 bridgehead atoms. The van der Waals surface area contributed by atoms with Gasteiger partial charge in [-0.1, -0.05) is 6.07 Å². The van der Waals surface area contributed by atoms with Gasteiger partial charge < -0.3 is 19.7 Å². The highest BCUT2D eigenvalue weighted by molar-refractivity contribution is 7.17. The molecule has 0 spiro atoms. The Kier molecular flexibility index (Phi) is 6.54. The number of aromatic nitrogens is 5. The summed E-state index contributed by atoms with van der Waals surface area (Å²) in [5.41, 5.74) is 2.05. The van der Waals surface area contributed by atoms with Crippen LogP contribution in [0.2, 0.25) is 0 Å². The van der Waals surface area contributed by atoms with E-state index in [-0.39, 0.29) is 5.91 Å². The summed E-state index contributed by atoms with van der Waals surface area (Å²) < 4.78 is 10.6. The monoisotopic (exact) mass is 477 g/mol. The lowest BCUT2D eigenvalue weighted by atomic mass is 10.2. The van der Waals surface area contributed by atoms with Crippen molar-refractivity contribution in [2.75, 3.05) is 44.9 Å². The summed E-state index contributed by atoms with van der Waals surface area (Å²) in [7, 11) is 1.52. The van der Waals surface area contributed by atoms with Crippen LogP contribution < -0.4 is 15.0 Å². The maximum atomic E-state index is 13.2. The predicted molar refractivity (Wildman–Crippen MR) is 128 cm³/mol. The molecule has 0 aliphatic carbocycles. The molecule has 0 saturated carbocycles. The van der Waals surface area contributed by atoms with E-state index in [1.54, 1.807) is 18.5 Å². The summed E-state index contributed by atoms with van der Waals surface area (Å²) in [6, 6.07) is 7.76. The lowest BCUT2D eigenvalue weighted by molar-refractivity contribution is 0.0956. The molecule has 10 nitrogen and oxygen atoms in total. The van der Waals surface area contributed by atoms with E-state index in [0.717, 1.165) is 21.7 Å². The third kappa shape index (κ3) is 4.66. The third-order valence-corrected chi connectivity index (χ3v) is 6.28. The van der Waals surface area contributed by atoms with E-state index in [1.807, 2.05) is 23.6 Å². The number of methoxy groups -OCH3 is 1. The molecule has 5 rings (SSSR count). The fourth-order valence-corrected chi connectivity index (χ4v) is 4.63. The largest absolute Gasteiger partial charge is 0.467 e. The molecule has 1 amide bonds. The highest BCUT2D eigenvalue weighted by Gasteiger charge is 2.24. The zero-order valence-corrected chi connectivity index (χ0v) is 19.4. The van der Waals surface area contributed by atoms with Gasteiger partial charge in [-0.3, -0.25) is 9.78 Å². The molecule has 174 valence electrons. The fraction of sp³-hybridized carbons (Fsp3) is 0.304. The van der Waals surface area contributed by atoms with E-state index in [4.69, 9.17) is 19.4 Å². The summed E-state index contributed by atoms with van der Waals surface area (Å²) in [6.45, 7) is 3.04. The van der Waals surface area contributed by atoms with Gasteiger partial charge in [-0.15, -0.1) is 11.3 Å². The number of hydrogen-bond donors (Lipinski definition) is 1. The molecule has 1 N–H and O–H groups in total. The van der Waals surface area contributed by atoms with E-state index in [1.165, 1.54) is 18.4 Å². The van der Waals surface area contributed by atoms with Gasteiger partial charge in [-0.2, -0.15) is 0 Å². The quantitative estimate of drug-likeness (QED) is 0.428. The first-order valence-corrected chi connectivity index (χ1v) is 11.8. The van der Waals surface area contributed by atoms with E-state index in [2.05, 4.69) is 25.2 Å². The SMILES string of the molecule is COc1nccc(CCNC(=O)c2csc3nc(-c4ccccn4)nc(N4CCOCC4)c23)n1. The zero-order chi connectivity index (χ0) is 23.3. The summed E-state index contributed by atoms with van der Waals surface area (Å²) >= 11 is 1.43. The first-order chi connectivity index (χ1) is 16.7. The number of amides is 1. The summed E-state index contributed by atoms with van der Waals surface area (Å²) in [4.78, 5) is 38.3. The van der Waals surface area contributed by atoms with Gasteiger partial charge in [0.1, 0.15) is 16.3 Å². The van der Waals surface area contributed by atoms with Crippen LogP contribution in [0.3, 0.4) is 0 Å². The standard InChI is InChI=1S/C23H23N7O3S/c1-32-23-26-9-6-15(27-23)5-8-25-21(31)16-14-34-22-18(16)20(30-10-12-33-13-11-30)28-19(29-22)17-4-2-3-7-24-17/h2-4,6-7,9,14H,5,8,10-13H2,1H3,(H,25,31). The van der Waals surface area contributed by atoms with Crippen molar-refractivity contribution in [1.82, 2.24) is 30.2 Å². The maximum Gasteiger partial charge on any atom is 0.316 e. The van der Waals surface area contributed by atoms with E-state index < -0.39 is 0 Å². The van der Waals surface area contributed by atoms with Gasteiger partial charge >= 0.3 is 6.01 Å². The molecule has 5 heterocycles. The van der Waals surface area contributed by atoms with E-state index in [0.29, 0.717) is 62.4 Å². The number of fused-ring (bicyclic) bond motifs is 1. The van der Waals surface area contributed by atoms with Crippen LogP contribution in [-0.4, -0.2) is 70.8 Å². The molecule has 11 heteroatoms. The zero-order valence-electron chi connectivity index (χ0n) is 18.6. The number of pyridine rings is 1. The van der Waals surface area contributed by atoms with Gasteiger partial charge in [0, 0.05) is 49.5 Å². The van der Waals surface area contributed by atoms with Crippen molar-refractivity contribution in [3.63, 3.8) is 0 Å². The van der Waals surface area contributed by atoms with Crippen LogP contribution in [0, 0.1) is 0 Å². The van der Waals surface area contributed by atoms with Crippen LogP contribution in [0.15, 0.2) is 42.0 Å².